The zero-order valence-electron chi connectivity index (χ0n) is 11.4. The van der Waals surface area contributed by atoms with Gasteiger partial charge in [0.25, 0.3) is 5.89 Å². The molecule has 0 radical (unpaired) electrons. The third-order valence-electron chi connectivity index (χ3n) is 3.27. The van der Waals surface area contributed by atoms with Crippen molar-refractivity contribution in [2.24, 2.45) is 0 Å². The van der Waals surface area contributed by atoms with Gasteiger partial charge in [0.2, 0.25) is 0 Å². The molecule has 6 heteroatoms. The summed E-state index contributed by atoms with van der Waals surface area (Å²) in [5.74, 6) is 2.05. The molecule has 2 heterocycles. The molecule has 1 aliphatic rings. The maximum Gasteiger partial charge on any atom is 0.257 e. The van der Waals surface area contributed by atoms with Crippen molar-refractivity contribution in [1.82, 2.24) is 15.0 Å². The minimum absolute atomic E-state index is 0.538. The highest BCUT2D eigenvalue weighted by molar-refractivity contribution is 5.54. The average molecular weight is 275 g/mol. The summed E-state index contributed by atoms with van der Waals surface area (Å²) in [4.78, 5) is 6.69. The van der Waals surface area contributed by atoms with Crippen molar-refractivity contribution >= 4 is 0 Å². The molecule has 0 bridgehead atoms. The lowest BCUT2D eigenvalue weighted by atomic mass is 10.2. The fourth-order valence-electron chi connectivity index (χ4n) is 2.13. The SMILES string of the molecule is COc1ccc(-c2nc(CN3CCOCC3)no2)cc1. The first kappa shape index (κ1) is 13.1. The highest BCUT2D eigenvalue weighted by Gasteiger charge is 2.15. The molecule has 0 aliphatic carbocycles. The molecule has 1 saturated heterocycles. The van der Waals surface area contributed by atoms with Crippen LogP contribution < -0.4 is 4.74 Å². The second-order valence-corrected chi connectivity index (χ2v) is 4.63. The van der Waals surface area contributed by atoms with E-state index in [0.717, 1.165) is 37.6 Å². The minimum atomic E-state index is 0.538. The van der Waals surface area contributed by atoms with Crippen molar-refractivity contribution in [3.8, 4) is 17.2 Å². The number of morpholine rings is 1. The molecular formula is C14H17N3O3. The van der Waals surface area contributed by atoms with Crippen LogP contribution in [0.25, 0.3) is 11.5 Å². The summed E-state index contributed by atoms with van der Waals surface area (Å²) in [6.45, 7) is 4.05. The summed E-state index contributed by atoms with van der Waals surface area (Å²) < 4.78 is 15.7. The summed E-state index contributed by atoms with van der Waals surface area (Å²) >= 11 is 0. The second-order valence-electron chi connectivity index (χ2n) is 4.63. The van der Waals surface area contributed by atoms with Crippen molar-refractivity contribution in [2.75, 3.05) is 33.4 Å². The van der Waals surface area contributed by atoms with Gasteiger partial charge in [-0.2, -0.15) is 4.98 Å². The van der Waals surface area contributed by atoms with Crippen LogP contribution in [-0.4, -0.2) is 48.5 Å². The third-order valence-corrected chi connectivity index (χ3v) is 3.27. The lowest BCUT2D eigenvalue weighted by molar-refractivity contribution is 0.0327. The number of hydrogen-bond acceptors (Lipinski definition) is 6. The highest BCUT2D eigenvalue weighted by atomic mass is 16.5. The first-order valence-electron chi connectivity index (χ1n) is 6.62. The number of hydrogen-bond donors (Lipinski definition) is 0. The quantitative estimate of drug-likeness (QED) is 0.844. The van der Waals surface area contributed by atoms with Gasteiger partial charge >= 0.3 is 0 Å². The summed E-state index contributed by atoms with van der Waals surface area (Å²) in [6, 6.07) is 7.57. The van der Waals surface area contributed by atoms with E-state index in [1.165, 1.54) is 0 Å². The first-order chi connectivity index (χ1) is 9.85. The summed E-state index contributed by atoms with van der Waals surface area (Å²) in [7, 11) is 1.64. The summed E-state index contributed by atoms with van der Waals surface area (Å²) in [5, 5.41) is 4.03. The van der Waals surface area contributed by atoms with Gasteiger partial charge in [-0.3, -0.25) is 4.90 Å². The van der Waals surface area contributed by atoms with E-state index in [9.17, 15) is 0 Å². The molecule has 0 saturated carbocycles. The molecule has 2 aromatic rings. The molecule has 0 spiro atoms. The van der Waals surface area contributed by atoms with Crippen LogP contribution in [0, 0.1) is 0 Å². The minimum Gasteiger partial charge on any atom is -0.497 e. The number of nitrogens with zero attached hydrogens (tertiary/aromatic N) is 3. The van der Waals surface area contributed by atoms with Crippen molar-refractivity contribution in [3.63, 3.8) is 0 Å². The van der Waals surface area contributed by atoms with E-state index in [0.29, 0.717) is 18.3 Å². The van der Waals surface area contributed by atoms with E-state index in [-0.39, 0.29) is 0 Å². The normalized spacial score (nSPS) is 16.2. The van der Waals surface area contributed by atoms with Crippen molar-refractivity contribution in [2.45, 2.75) is 6.54 Å². The summed E-state index contributed by atoms with van der Waals surface area (Å²) in [6.07, 6.45) is 0. The molecule has 0 N–H and O–H groups in total. The standard InChI is InChI=1S/C14H17N3O3/c1-18-12-4-2-11(3-5-12)14-15-13(16-20-14)10-17-6-8-19-9-7-17/h2-5H,6-10H2,1H3. The van der Waals surface area contributed by atoms with Crippen molar-refractivity contribution in [1.29, 1.82) is 0 Å². The highest BCUT2D eigenvalue weighted by Crippen LogP contribution is 2.21. The number of aromatic nitrogens is 2. The van der Waals surface area contributed by atoms with Gasteiger partial charge in [0, 0.05) is 18.7 Å². The van der Waals surface area contributed by atoms with E-state index in [2.05, 4.69) is 15.0 Å². The second kappa shape index (κ2) is 6.02. The molecule has 20 heavy (non-hydrogen) atoms. The largest absolute Gasteiger partial charge is 0.497 e. The van der Waals surface area contributed by atoms with Gasteiger partial charge in [0.05, 0.1) is 26.9 Å². The van der Waals surface area contributed by atoms with Crippen LogP contribution in [0.1, 0.15) is 5.82 Å². The molecule has 1 aromatic carbocycles. The van der Waals surface area contributed by atoms with Crippen LogP contribution in [-0.2, 0) is 11.3 Å². The molecule has 0 amide bonds. The molecule has 0 unspecified atom stereocenters. The fraction of sp³-hybridized carbons (Fsp3) is 0.429. The Hall–Kier alpha value is -1.92. The van der Waals surface area contributed by atoms with E-state index < -0.39 is 0 Å². The smallest absolute Gasteiger partial charge is 0.257 e. The lowest BCUT2D eigenvalue weighted by Gasteiger charge is -2.24. The van der Waals surface area contributed by atoms with Gasteiger partial charge in [0.1, 0.15) is 5.75 Å². The van der Waals surface area contributed by atoms with Gasteiger partial charge in [-0.1, -0.05) is 5.16 Å². The van der Waals surface area contributed by atoms with E-state index in [1.54, 1.807) is 7.11 Å². The maximum atomic E-state index is 5.32. The Bertz CT molecular complexity index is 547. The van der Waals surface area contributed by atoms with E-state index in [4.69, 9.17) is 14.0 Å². The zero-order chi connectivity index (χ0) is 13.8. The fourth-order valence-corrected chi connectivity index (χ4v) is 2.13. The first-order valence-corrected chi connectivity index (χ1v) is 6.62. The topological polar surface area (TPSA) is 60.6 Å². The Balaban J connectivity index is 1.68. The van der Waals surface area contributed by atoms with Crippen molar-refractivity contribution < 1.29 is 14.0 Å². The predicted molar refractivity (Wildman–Crippen MR) is 72.4 cm³/mol. The monoisotopic (exact) mass is 275 g/mol. The molecule has 0 atom stereocenters. The number of methoxy groups -OCH3 is 1. The van der Waals surface area contributed by atoms with Gasteiger partial charge < -0.3 is 14.0 Å². The zero-order valence-corrected chi connectivity index (χ0v) is 11.4. The molecule has 6 nitrogen and oxygen atoms in total. The summed E-state index contributed by atoms with van der Waals surface area (Å²) in [5.41, 5.74) is 0.895. The van der Waals surface area contributed by atoms with Crippen LogP contribution in [0.2, 0.25) is 0 Å². The molecule has 106 valence electrons. The van der Waals surface area contributed by atoms with Gasteiger partial charge in [-0.15, -0.1) is 0 Å². The number of ether oxygens (including phenoxy) is 2. The van der Waals surface area contributed by atoms with Crippen LogP contribution >= 0.6 is 0 Å². The van der Waals surface area contributed by atoms with Gasteiger partial charge in [-0.05, 0) is 24.3 Å². The van der Waals surface area contributed by atoms with Crippen LogP contribution in [0.15, 0.2) is 28.8 Å². The Morgan fingerprint density at radius 3 is 2.65 bits per heavy atom. The maximum absolute atomic E-state index is 5.32. The Morgan fingerprint density at radius 2 is 1.95 bits per heavy atom. The van der Waals surface area contributed by atoms with E-state index in [1.807, 2.05) is 24.3 Å². The Morgan fingerprint density at radius 1 is 1.20 bits per heavy atom. The number of rotatable bonds is 4. The lowest BCUT2D eigenvalue weighted by Crippen LogP contribution is -2.35. The third kappa shape index (κ3) is 2.97. The number of benzene rings is 1. The average Bonchev–Trinajstić information content (AvgIpc) is 2.97. The molecular weight excluding hydrogens is 258 g/mol. The molecule has 3 rings (SSSR count). The Kier molecular flexibility index (Phi) is 3.94. The van der Waals surface area contributed by atoms with Crippen LogP contribution in [0.5, 0.6) is 5.75 Å². The Labute approximate surface area is 117 Å². The predicted octanol–water partition coefficient (Wildman–Crippen LogP) is 1.58. The van der Waals surface area contributed by atoms with Crippen LogP contribution in [0.3, 0.4) is 0 Å². The molecule has 1 fully saturated rings. The van der Waals surface area contributed by atoms with E-state index >= 15 is 0 Å². The molecule has 1 aromatic heterocycles. The van der Waals surface area contributed by atoms with Crippen LogP contribution in [0.4, 0.5) is 0 Å². The van der Waals surface area contributed by atoms with Gasteiger partial charge in [0.15, 0.2) is 5.82 Å². The molecule has 1 aliphatic heterocycles. The van der Waals surface area contributed by atoms with Gasteiger partial charge in [-0.25, -0.2) is 0 Å². The van der Waals surface area contributed by atoms with Crippen molar-refractivity contribution in [3.05, 3.63) is 30.1 Å².